The van der Waals surface area contributed by atoms with Crippen molar-refractivity contribution >= 4 is 34.9 Å². The molecule has 2 aromatic carbocycles. The van der Waals surface area contributed by atoms with E-state index in [-0.39, 0.29) is 33.3 Å². The van der Waals surface area contributed by atoms with Crippen molar-refractivity contribution < 1.29 is 24.4 Å². The number of anilines is 1. The smallest absolute Gasteiger partial charge is 0.342 e. The Bertz CT molecular complexity index is 853. The average molecular weight is 365 g/mol. The molecule has 0 aromatic heterocycles. The summed E-state index contributed by atoms with van der Waals surface area (Å²) in [7, 11) is 0. The number of rotatable bonds is 5. The highest BCUT2D eigenvalue weighted by Crippen LogP contribution is 2.25. The molecule has 0 saturated heterocycles. The fraction of sp³-hybridized carbons (Fsp3) is 0.125. The summed E-state index contributed by atoms with van der Waals surface area (Å²) in [5.41, 5.74) is 0.247. The Kier molecular flexibility index (Phi) is 5.56. The minimum absolute atomic E-state index is 0.135. The first-order valence-electron chi connectivity index (χ1n) is 6.99. The SMILES string of the molecule is Cc1c(NC(=O)COC(=O)c2ccc(Cl)cc2O)cccc1[N+](=O)[O-]. The van der Waals surface area contributed by atoms with Crippen LogP contribution in [0.4, 0.5) is 11.4 Å². The molecule has 0 atom stereocenters. The molecule has 8 nitrogen and oxygen atoms in total. The summed E-state index contributed by atoms with van der Waals surface area (Å²) in [4.78, 5) is 34.0. The first-order valence-corrected chi connectivity index (χ1v) is 7.37. The third-order valence-electron chi connectivity index (χ3n) is 3.29. The van der Waals surface area contributed by atoms with Crippen LogP contribution in [0.25, 0.3) is 0 Å². The largest absolute Gasteiger partial charge is 0.507 e. The van der Waals surface area contributed by atoms with E-state index in [2.05, 4.69) is 5.32 Å². The molecule has 0 spiro atoms. The van der Waals surface area contributed by atoms with Gasteiger partial charge in [-0.2, -0.15) is 0 Å². The lowest BCUT2D eigenvalue weighted by Crippen LogP contribution is -2.21. The topological polar surface area (TPSA) is 119 Å². The van der Waals surface area contributed by atoms with Gasteiger partial charge >= 0.3 is 5.97 Å². The Morgan fingerprint density at radius 2 is 2.04 bits per heavy atom. The molecule has 0 heterocycles. The van der Waals surface area contributed by atoms with Crippen molar-refractivity contribution in [1.29, 1.82) is 0 Å². The van der Waals surface area contributed by atoms with E-state index in [0.717, 1.165) is 0 Å². The summed E-state index contributed by atoms with van der Waals surface area (Å²) in [6.45, 7) is 0.870. The number of esters is 1. The lowest BCUT2D eigenvalue weighted by atomic mass is 10.1. The first-order chi connectivity index (χ1) is 11.8. The number of benzene rings is 2. The third kappa shape index (κ3) is 4.45. The summed E-state index contributed by atoms with van der Waals surface area (Å²) < 4.78 is 4.81. The summed E-state index contributed by atoms with van der Waals surface area (Å²) >= 11 is 5.67. The van der Waals surface area contributed by atoms with E-state index in [9.17, 15) is 24.8 Å². The fourth-order valence-electron chi connectivity index (χ4n) is 2.03. The molecule has 2 N–H and O–H groups in total. The Morgan fingerprint density at radius 1 is 1.32 bits per heavy atom. The summed E-state index contributed by atoms with van der Waals surface area (Å²) in [6.07, 6.45) is 0. The van der Waals surface area contributed by atoms with Crippen molar-refractivity contribution in [3.8, 4) is 5.75 Å². The number of halogens is 1. The minimum atomic E-state index is -0.903. The van der Waals surface area contributed by atoms with Crippen LogP contribution < -0.4 is 5.32 Å². The fourth-order valence-corrected chi connectivity index (χ4v) is 2.20. The zero-order chi connectivity index (χ0) is 18.6. The number of carbonyl (C=O) groups is 2. The lowest BCUT2D eigenvalue weighted by Gasteiger charge is -2.09. The van der Waals surface area contributed by atoms with Crippen LogP contribution in [-0.4, -0.2) is 28.5 Å². The molecule has 2 aromatic rings. The summed E-state index contributed by atoms with van der Waals surface area (Å²) in [5.74, 6) is -1.95. The Hall–Kier alpha value is -3.13. The van der Waals surface area contributed by atoms with Crippen molar-refractivity contribution in [2.45, 2.75) is 6.92 Å². The maximum atomic E-state index is 11.9. The van der Waals surface area contributed by atoms with Crippen molar-refractivity contribution in [3.05, 3.63) is 62.7 Å². The number of nitrogens with one attached hydrogen (secondary N) is 1. The molecule has 0 saturated carbocycles. The number of hydrogen-bond donors (Lipinski definition) is 2. The van der Waals surface area contributed by atoms with Crippen LogP contribution in [-0.2, 0) is 9.53 Å². The lowest BCUT2D eigenvalue weighted by molar-refractivity contribution is -0.385. The number of carbonyl (C=O) groups excluding carboxylic acids is 2. The van der Waals surface area contributed by atoms with Crippen LogP contribution in [0.15, 0.2) is 36.4 Å². The van der Waals surface area contributed by atoms with Gasteiger partial charge in [0.2, 0.25) is 0 Å². The molecule has 0 aliphatic rings. The molecule has 2 rings (SSSR count). The van der Waals surface area contributed by atoms with Gasteiger partial charge in [0.25, 0.3) is 11.6 Å². The van der Waals surface area contributed by atoms with Crippen LogP contribution in [0.2, 0.25) is 5.02 Å². The van der Waals surface area contributed by atoms with Gasteiger partial charge in [-0.1, -0.05) is 17.7 Å². The maximum absolute atomic E-state index is 11.9. The van der Waals surface area contributed by atoms with Gasteiger partial charge in [0.1, 0.15) is 11.3 Å². The van der Waals surface area contributed by atoms with E-state index in [1.165, 1.54) is 43.3 Å². The number of phenols is 1. The third-order valence-corrected chi connectivity index (χ3v) is 3.53. The van der Waals surface area contributed by atoms with E-state index < -0.39 is 23.4 Å². The number of amides is 1. The van der Waals surface area contributed by atoms with Gasteiger partial charge < -0.3 is 15.2 Å². The normalized spacial score (nSPS) is 10.2. The molecule has 25 heavy (non-hydrogen) atoms. The van der Waals surface area contributed by atoms with E-state index >= 15 is 0 Å². The number of nitrogens with zero attached hydrogens (tertiary/aromatic N) is 1. The van der Waals surface area contributed by atoms with E-state index in [0.29, 0.717) is 0 Å². The molecule has 1 amide bonds. The molecule has 130 valence electrons. The molecule has 0 aliphatic heterocycles. The molecule has 0 radical (unpaired) electrons. The molecular weight excluding hydrogens is 352 g/mol. The minimum Gasteiger partial charge on any atom is -0.507 e. The van der Waals surface area contributed by atoms with E-state index in [1.54, 1.807) is 0 Å². The predicted octanol–water partition coefficient (Wildman–Crippen LogP) is 3.06. The predicted molar refractivity (Wildman–Crippen MR) is 89.9 cm³/mol. The zero-order valence-electron chi connectivity index (χ0n) is 13.0. The van der Waals surface area contributed by atoms with Gasteiger partial charge in [0, 0.05) is 11.1 Å². The number of nitro benzene ring substituents is 1. The summed E-state index contributed by atoms with van der Waals surface area (Å²) in [5, 5.41) is 23.2. The molecular formula is C16H13ClN2O6. The van der Waals surface area contributed by atoms with Crippen LogP contribution in [0.5, 0.6) is 5.75 Å². The van der Waals surface area contributed by atoms with Gasteiger partial charge in [0.05, 0.1) is 16.2 Å². The Balaban J connectivity index is 2.00. The van der Waals surface area contributed by atoms with Gasteiger partial charge in [-0.25, -0.2) is 4.79 Å². The maximum Gasteiger partial charge on any atom is 0.342 e. The molecule has 0 bridgehead atoms. The van der Waals surface area contributed by atoms with Crippen LogP contribution in [0.3, 0.4) is 0 Å². The molecule has 0 fully saturated rings. The number of phenolic OH excluding ortho intramolecular Hbond substituents is 1. The van der Waals surface area contributed by atoms with Gasteiger partial charge in [0.15, 0.2) is 6.61 Å². The standard InChI is InChI=1S/C16H13ClN2O6/c1-9-12(3-2-4-13(9)19(23)24)18-15(21)8-25-16(22)11-6-5-10(17)7-14(11)20/h2-7,20H,8H2,1H3,(H,18,21). The molecule has 0 aliphatic carbocycles. The monoisotopic (exact) mass is 364 g/mol. The molecule has 0 unspecified atom stereocenters. The quantitative estimate of drug-likeness (QED) is 0.478. The van der Waals surface area contributed by atoms with Crippen LogP contribution in [0.1, 0.15) is 15.9 Å². The van der Waals surface area contributed by atoms with Crippen molar-refractivity contribution in [2.75, 3.05) is 11.9 Å². The average Bonchev–Trinajstić information content (AvgIpc) is 2.54. The van der Waals surface area contributed by atoms with Gasteiger partial charge in [-0.3, -0.25) is 14.9 Å². The highest BCUT2D eigenvalue weighted by atomic mass is 35.5. The zero-order valence-corrected chi connectivity index (χ0v) is 13.7. The van der Waals surface area contributed by atoms with Crippen LogP contribution in [0, 0.1) is 17.0 Å². The van der Waals surface area contributed by atoms with Crippen LogP contribution >= 0.6 is 11.6 Å². The number of aromatic hydroxyl groups is 1. The Morgan fingerprint density at radius 3 is 2.68 bits per heavy atom. The van der Waals surface area contributed by atoms with Crippen molar-refractivity contribution in [3.63, 3.8) is 0 Å². The molecule has 9 heteroatoms. The summed E-state index contributed by atoms with van der Waals surface area (Å²) in [6, 6.07) is 8.07. The second-order valence-electron chi connectivity index (χ2n) is 4.99. The highest BCUT2D eigenvalue weighted by molar-refractivity contribution is 6.30. The van der Waals surface area contributed by atoms with Gasteiger partial charge in [-0.15, -0.1) is 0 Å². The second kappa shape index (κ2) is 7.63. The van der Waals surface area contributed by atoms with E-state index in [4.69, 9.17) is 16.3 Å². The Labute approximate surface area is 147 Å². The van der Waals surface area contributed by atoms with Crippen molar-refractivity contribution in [1.82, 2.24) is 0 Å². The van der Waals surface area contributed by atoms with Gasteiger partial charge in [-0.05, 0) is 31.2 Å². The number of ether oxygens (including phenoxy) is 1. The first kappa shape index (κ1) is 18.2. The number of hydrogen-bond acceptors (Lipinski definition) is 6. The van der Waals surface area contributed by atoms with Crippen molar-refractivity contribution in [2.24, 2.45) is 0 Å². The highest BCUT2D eigenvalue weighted by Gasteiger charge is 2.17. The second-order valence-corrected chi connectivity index (χ2v) is 5.43. The van der Waals surface area contributed by atoms with E-state index in [1.807, 2.05) is 0 Å². The number of nitro groups is 1.